The van der Waals surface area contributed by atoms with Gasteiger partial charge in [0.2, 0.25) is 5.89 Å². The van der Waals surface area contributed by atoms with Crippen LogP contribution in [0.3, 0.4) is 0 Å². The molecule has 1 aromatic rings. The molecule has 4 nitrogen and oxygen atoms in total. The molecule has 1 saturated heterocycles. The van der Waals surface area contributed by atoms with E-state index in [4.69, 9.17) is 4.42 Å². The maximum absolute atomic E-state index is 5.63. The van der Waals surface area contributed by atoms with E-state index in [1.54, 1.807) is 6.20 Å². The van der Waals surface area contributed by atoms with Crippen molar-refractivity contribution < 1.29 is 4.42 Å². The van der Waals surface area contributed by atoms with Crippen molar-refractivity contribution in [1.82, 2.24) is 15.6 Å². The summed E-state index contributed by atoms with van der Waals surface area (Å²) in [4.78, 5) is 4.34. The molecule has 3 rings (SSSR count). The lowest BCUT2D eigenvalue weighted by atomic mass is 9.92. The van der Waals surface area contributed by atoms with Crippen molar-refractivity contribution in [1.29, 1.82) is 0 Å². The number of aromatic nitrogens is 1. The zero-order valence-corrected chi connectivity index (χ0v) is 12.0. The van der Waals surface area contributed by atoms with Crippen LogP contribution in [0.2, 0.25) is 0 Å². The van der Waals surface area contributed by atoms with Crippen LogP contribution in [0.15, 0.2) is 10.6 Å². The van der Waals surface area contributed by atoms with Crippen LogP contribution in [-0.4, -0.2) is 23.6 Å². The van der Waals surface area contributed by atoms with Gasteiger partial charge in [-0.15, -0.1) is 0 Å². The third kappa shape index (κ3) is 2.84. The van der Waals surface area contributed by atoms with Crippen LogP contribution in [-0.2, 0) is 0 Å². The maximum atomic E-state index is 5.63. The smallest absolute Gasteiger partial charge is 0.211 e. The van der Waals surface area contributed by atoms with E-state index in [-0.39, 0.29) is 6.04 Å². The first-order chi connectivity index (χ1) is 9.24. The van der Waals surface area contributed by atoms with Crippen LogP contribution in [0, 0.1) is 12.8 Å². The lowest BCUT2D eigenvalue weighted by Crippen LogP contribution is -2.43. The van der Waals surface area contributed by atoms with E-state index in [1.165, 1.54) is 38.6 Å². The van der Waals surface area contributed by atoms with Crippen molar-refractivity contribution in [2.45, 2.75) is 64.1 Å². The van der Waals surface area contributed by atoms with Gasteiger partial charge in [0, 0.05) is 12.1 Å². The van der Waals surface area contributed by atoms with E-state index in [1.807, 2.05) is 6.92 Å². The second kappa shape index (κ2) is 5.63. The minimum absolute atomic E-state index is 0.209. The summed E-state index contributed by atoms with van der Waals surface area (Å²) in [6.45, 7) is 5.30. The predicted molar refractivity (Wildman–Crippen MR) is 74.9 cm³/mol. The van der Waals surface area contributed by atoms with Gasteiger partial charge in [-0.1, -0.05) is 6.42 Å². The molecule has 2 aliphatic rings. The van der Waals surface area contributed by atoms with Gasteiger partial charge in [-0.25, -0.2) is 4.98 Å². The Labute approximate surface area is 115 Å². The van der Waals surface area contributed by atoms with Crippen molar-refractivity contribution in [2.75, 3.05) is 6.54 Å². The van der Waals surface area contributed by atoms with Gasteiger partial charge in [-0.2, -0.15) is 0 Å². The second-order valence-corrected chi connectivity index (χ2v) is 6.10. The number of nitrogens with one attached hydrogen (secondary N) is 2. The molecule has 1 aliphatic carbocycles. The molecule has 1 aliphatic heterocycles. The first kappa shape index (κ1) is 13.1. The number of hydrogen-bond acceptors (Lipinski definition) is 4. The maximum Gasteiger partial charge on any atom is 0.211 e. The monoisotopic (exact) mass is 263 g/mol. The molecule has 4 unspecified atom stereocenters. The highest BCUT2D eigenvalue weighted by atomic mass is 16.4. The van der Waals surface area contributed by atoms with E-state index < -0.39 is 0 Å². The fraction of sp³-hybridized carbons (Fsp3) is 0.800. The molecule has 4 atom stereocenters. The van der Waals surface area contributed by atoms with Crippen molar-refractivity contribution >= 4 is 0 Å². The second-order valence-electron chi connectivity index (χ2n) is 6.10. The normalized spacial score (nSPS) is 32.8. The zero-order valence-electron chi connectivity index (χ0n) is 12.0. The van der Waals surface area contributed by atoms with Gasteiger partial charge in [0.25, 0.3) is 0 Å². The predicted octanol–water partition coefficient (Wildman–Crippen LogP) is 2.55. The van der Waals surface area contributed by atoms with Crippen LogP contribution in [0.4, 0.5) is 0 Å². The number of rotatable bonds is 4. The molecule has 19 heavy (non-hydrogen) atoms. The van der Waals surface area contributed by atoms with Crippen LogP contribution < -0.4 is 10.6 Å². The van der Waals surface area contributed by atoms with Gasteiger partial charge >= 0.3 is 0 Å². The number of aryl methyl sites for hydroxylation is 1. The summed E-state index contributed by atoms with van der Waals surface area (Å²) in [5.74, 6) is 2.49. The van der Waals surface area contributed by atoms with Crippen LogP contribution >= 0.6 is 0 Å². The van der Waals surface area contributed by atoms with E-state index in [0.29, 0.717) is 6.04 Å². The Hall–Kier alpha value is -0.870. The van der Waals surface area contributed by atoms with E-state index in [9.17, 15) is 0 Å². The third-order valence-electron chi connectivity index (χ3n) is 4.66. The summed E-state index contributed by atoms with van der Waals surface area (Å²) in [5, 5.41) is 7.41. The third-order valence-corrected chi connectivity index (χ3v) is 4.66. The molecular weight excluding hydrogens is 238 g/mol. The fourth-order valence-corrected chi connectivity index (χ4v) is 3.72. The molecule has 106 valence electrons. The van der Waals surface area contributed by atoms with Crippen molar-refractivity contribution in [2.24, 2.45) is 5.92 Å². The fourth-order valence-electron chi connectivity index (χ4n) is 3.72. The summed E-state index contributed by atoms with van der Waals surface area (Å²) in [6, 6.07) is 1.54. The van der Waals surface area contributed by atoms with Gasteiger partial charge in [-0.05, 0) is 52.0 Å². The van der Waals surface area contributed by atoms with Crippen LogP contribution in [0.5, 0.6) is 0 Å². The molecule has 0 amide bonds. The highest BCUT2D eigenvalue weighted by molar-refractivity contribution is 4.99. The first-order valence-electron chi connectivity index (χ1n) is 7.66. The van der Waals surface area contributed by atoms with Gasteiger partial charge in [0.1, 0.15) is 5.76 Å². The van der Waals surface area contributed by atoms with Gasteiger partial charge in [0.05, 0.1) is 12.2 Å². The Morgan fingerprint density at radius 3 is 2.95 bits per heavy atom. The zero-order chi connectivity index (χ0) is 13.2. The molecule has 2 heterocycles. The van der Waals surface area contributed by atoms with Crippen LogP contribution in [0.25, 0.3) is 0 Å². The largest absolute Gasteiger partial charge is 0.444 e. The highest BCUT2D eigenvalue weighted by Crippen LogP contribution is 2.33. The molecule has 0 bridgehead atoms. The Morgan fingerprint density at radius 2 is 2.26 bits per heavy atom. The Bertz CT molecular complexity index is 411. The number of oxazole rings is 1. The SMILES string of the molecule is Cc1cnc(C(C)NC2CCCC2C2CCCN2)o1. The van der Waals surface area contributed by atoms with Crippen molar-refractivity contribution in [3.63, 3.8) is 0 Å². The molecule has 2 fully saturated rings. The molecule has 0 spiro atoms. The molecule has 1 aromatic heterocycles. The topological polar surface area (TPSA) is 50.1 Å². The molecule has 2 N–H and O–H groups in total. The Morgan fingerprint density at radius 1 is 1.37 bits per heavy atom. The molecule has 4 heteroatoms. The molecule has 0 aromatic carbocycles. The quantitative estimate of drug-likeness (QED) is 0.876. The summed E-state index contributed by atoms with van der Waals surface area (Å²) < 4.78 is 5.63. The lowest BCUT2D eigenvalue weighted by Gasteiger charge is -2.28. The highest BCUT2D eigenvalue weighted by Gasteiger charge is 2.35. The van der Waals surface area contributed by atoms with Gasteiger partial charge in [0.15, 0.2) is 0 Å². The average molecular weight is 263 g/mol. The number of nitrogens with zero attached hydrogens (tertiary/aromatic N) is 1. The Balaban J connectivity index is 1.61. The van der Waals surface area contributed by atoms with Crippen molar-refractivity contribution in [3.8, 4) is 0 Å². The van der Waals surface area contributed by atoms with E-state index in [0.717, 1.165) is 23.6 Å². The van der Waals surface area contributed by atoms with Gasteiger partial charge in [-0.3, -0.25) is 0 Å². The number of hydrogen-bond donors (Lipinski definition) is 2. The van der Waals surface area contributed by atoms with E-state index >= 15 is 0 Å². The standard InChI is InChI=1S/C15H25N3O/c1-10-9-17-15(19-10)11(2)18-14-6-3-5-12(14)13-7-4-8-16-13/h9,11-14,16,18H,3-8H2,1-2H3. The van der Waals surface area contributed by atoms with Gasteiger partial charge < -0.3 is 15.1 Å². The lowest BCUT2D eigenvalue weighted by molar-refractivity contribution is 0.285. The summed E-state index contributed by atoms with van der Waals surface area (Å²) in [7, 11) is 0. The first-order valence-corrected chi connectivity index (χ1v) is 7.66. The van der Waals surface area contributed by atoms with Crippen molar-refractivity contribution in [3.05, 3.63) is 17.8 Å². The minimum atomic E-state index is 0.209. The minimum Gasteiger partial charge on any atom is -0.444 e. The summed E-state index contributed by atoms with van der Waals surface area (Å²) >= 11 is 0. The van der Waals surface area contributed by atoms with E-state index in [2.05, 4.69) is 22.5 Å². The molecular formula is C15H25N3O. The summed E-state index contributed by atoms with van der Waals surface area (Å²) in [6.07, 6.45) is 8.47. The summed E-state index contributed by atoms with van der Waals surface area (Å²) in [5.41, 5.74) is 0. The Kier molecular flexibility index (Phi) is 3.89. The van der Waals surface area contributed by atoms with Crippen LogP contribution in [0.1, 0.15) is 56.7 Å². The molecule has 1 saturated carbocycles. The molecule has 0 radical (unpaired) electrons. The average Bonchev–Trinajstić information content (AvgIpc) is 3.07.